The minimum Gasteiger partial charge on any atom is -0.327 e. The number of urea groups is 1. The second-order valence-electron chi connectivity index (χ2n) is 8.60. The van der Waals surface area contributed by atoms with E-state index >= 15 is 0 Å². The van der Waals surface area contributed by atoms with Crippen LogP contribution in [0.25, 0.3) is 16.3 Å². The summed E-state index contributed by atoms with van der Waals surface area (Å²) in [4.78, 5) is 14.6. The summed E-state index contributed by atoms with van der Waals surface area (Å²) in [5, 5.41) is 5.25. The van der Waals surface area contributed by atoms with Gasteiger partial charge in [0, 0.05) is 19.0 Å². The number of hydrogen-bond donors (Lipinski definition) is 1. The van der Waals surface area contributed by atoms with Gasteiger partial charge in [-0.05, 0) is 58.5 Å². The van der Waals surface area contributed by atoms with Crippen molar-refractivity contribution < 1.29 is 4.79 Å². The molecule has 4 aromatic rings. The molecule has 1 aliphatic rings. The van der Waals surface area contributed by atoms with Crippen molar-refractivity contribution in [3.05, 3.63) is 119 Å². The summed E-state index contributed by atoms with van der Waals surface area (Å²) in [7, 11) is 1.86. The fourth-order valence-electron chi connectivity index (χ4n) is 4.69. The standard InChI is InChI=1S/C30H28N2O/c1-32(30(33)31-29-18-8-13-22-10-4-7-16-27(22)29)21-9-17-28-25-14-5-2-11-23(25)19-20-24-12-3-6-15-26(24)28/h2-8,10-18H,9,19-21H2,1H3,(H,31,33). The van der Waals surface area contributed by atoms with Crippen LogP contribution in [0.15, 0.2) is 97.1 Å². The highest BCUT2D eigenvalue weighted by atomic mass is 16.2. The van der Waals surface area contributed by atoms with Crippen LogP contribution in [0.5, 0.6) is 0 Å². The third kappa shape index (κ3) is 4.40. The monoisotopic (exact) mass is 432 g/mol. The van der Waals surface area contributed by atoms with Crippen LogP contribution in [0, 0.1) is 0 Å². The fourth-order valence-corrected chi connectivity index (χ4v) is 4.69. The summed E-state index contributed by atoms with van der Waals surface area (Å²) in [6.45, 7) is 0.643. The van der Waals surface area contributed by atoms with Gasteiger partial charge in [-0.2, -0.15) is 0 Å². The third-order valence-electron chi connectivity index (χ3n) is 6.47. The van der Waals surface area contributed by atoms with E-state index in [0.29, 0.717) is 6.54 Å². The molecule has 0 atom stereocenters. The number of hydrogen-bond acceptors (Lipinski definition) is 1. The van der Waals surface area contributed by atoms with Crippen molar-refractivity contribution in [2.45, 2.75) is 19.3 Å². The molecule has 164 valence electrons. The van der Waals surface area contributed by atoms with Crippen molar-refractivity contribution in [1.29, 1.82) is 0 Å². The summed E-state index contributed by atoms with van der Waals surface area (Å²) in [5.74, 6) is 0. The topological polar surface area (TPSA) is 32.3 Å². The molecule has 0 fully saturated rings. The van der Waals surface area contributed by atoms with Gasteiger partial charge in [-0.15, -0.1) is 0 Å². The van der Waals surface area contributed by atoms with Gasteiger partial charge in [-0.1, -0.05) is 91.0 Å². The lowest BCUT2D eigenvalue weighted by atomic mass is 9.93. The summed E-state index contributed by atoms with van der Waals surface area (Å²) >= 11 is 0. The van der Waals surface area contributed by atoms with Crippen molar-refractivity contribution in [3.8, 4) is 0 Å². The van der Waals surface area contributed by atoms with Crippen LogP contribution in [-0.2, 0) is 12.8 Å². The Balaban J connectivity index is 1.33. The maximum atomic E-state index is 12.9. The number of anilines is 1. The Kier molecular flexibility index (Phi) is 5.95. The van der Waals surface area contributed by atoms with Crippen molar-refractivity contribution in [2.75, 3.05) is 18.9 Å². The molecule has 0 aromatic heterocycles. The highest BCUT2D eigenvalue weighted by Gasteiger charge is 2.17. The molecule has 3 nitrogen and oxygen atoms in total. The van der Waals surface area contributed by atoms with Gasteiger partial charge in [0.2, 0.25) is 0 Å². The SMILES string of the molecule is CN(CCC=C1c2ccccc2CCc2ccccc21)C(=O)Nc1cccc2ccccc12. The number of benzene rings is 4. The number of carbonyl (C=O) groups excluding carboxylic acids is 1. The number of fused-ring (bicyclic) bond motifs is 3. The molecule has 1 N–H and O–H groups in total. The van der Waals surface area contributed by atoms with Crippen LogP contribution in [0.2, 0.25) is 0 Å². The van der Waals surface area contributed by atoms with Crippen LogP contribution in [0.1, 0.15) is 28.7 Å². The first kappa shape index (κ1) is 21.0. The number of amides is 2. The van der Waals surface area contributed by atoms with Gasteiger partial charge in [0.25, 0.3) is 0 Å². The van der Waals surface area contributed by atoms with Crippen LogP contribution < -0.4 is 5.32 Å². The predicted octanol–water partition coefficient (Wildman–Crippen LogP) is 6.92. The summed E-state index contributed by atoms with van der Waals surface area (Å²) in [6, 6.07) is 31.4. The van der Waals surface area contributed by atoms with Gasteiger partial charge in [-0.3, -0.25) is 0 Å². The average Bonchev–Trinajstić information content (AvgIpc) is 3.01. The maximum absolute atomic E-state index is 12.9. The van der Waals surface area contributed by atoms with Crippen molar-refractivity contribution in [1.82, 2.24) is 4.90 Å². The van der Waals surface area contributed by atoms with Gasteiger partial charge in [-0.25, -0.2) is 4.79 Å². The van der Waals surface area contributed by atoms with Crippen LogP contribution in [0.3, 0.4) is 0 Å². The average molecular weight is 433 g/mol. The first-order chi connectivity index (χ1) is 16.2. The maximum Gasteiger partial charge on any atom is 0.321 e. The van der Waals surface area contributed by atoms with Gasteiger partial charge >= 0.3 is 6.03 Å². The first-order valence-corrected chi connectivity index (χ1v) is 11.6. The molecule has 0 aliphatic heterocycles. The molecular formula is C30H28N2O. The molecule has 0 radical (unpaired) electrons. The molecule has 0 heterocycles. The zero-order valence-electron chi connectivity index (χ0n) is 18.9. The fraction of sp³-hybridized carbons (Fsp3) is 0.167. The zero-order valence-corrected chi connectivity index (χ0v) is 18.9. The largest absolute Gasteiger partial charge is 0.327 e. The van der Waals surface area contributed by atoms with E-state index < -0.39 is 0 Å². The van der Waals surface area contributed by atoms with Crippen molar-refractivity contribution >= 4 is 28.1 Å². The molecule has 2 amide bonds. The molecule has 0 saturated carbocycles. The van der Waals surface area contributed by atoms with E-state index in [1.807, 2.05) is 37.4 Å². The van der Waals surface area contributed by atoms with Crippen LogP contribution in [-0.4, -0.2) is 24.5 Å². The molecule has 3 heteroatoms. The first-order valence-electron chi connectivity index (χ1n) is 11.6. The van der Waals surface area contributed by atoms with Gasteiger partial charge < -0.3 is 10.2 Å². The number of aryl methyl sites for hydroxylation is 2. The third-order valence-corrected chi connectivity index (χ3v) is 6.47. The molecule has 0 saturated heterocycles. The van der Waals surface area contributed by atoms with Crippen molar-refractivity contribution in [3.63, 3.8) is 0 Å². The zero-order chi connectivity index (χ0) is 22.6. The quantitative estimate of drug-likeness (QED) is 0.373. The summed E-state index contributed by atoms with van der Waals surface area (Å²) in [5.41, 5.74) is 7.52. The molecular weight excluding hydrogens is 404 g/mol. The molecule has 0 bridgehead atoms. The highest BCUT2D eigenvalue weighted by molar-refractivity contribution is 6.01. The van der Waals surface area contributed by atoms with E-state index in [0.717, 1.165) is 35.7 Å². The van der Waals surface area contributed by atoms with Crippen LogP contribution in [0.4, 0.5) is 10.5 Å². The molecule has 1 aliphatic carbocycles. The molecule has 33 heavy (non-hydrogen) atoms. The van der Waals surface area contributed by atoms with E-state index in [1.54, 1.807) is 4.90 Å². The Bertz CT molecular complexity index is 1280. The molecule has 0 spiro atoms. The second-order valence-corrected chi connectivity index (χ2v) is 8.60. The molecule has 4 aromatic carbocycles. The minimum atomic E-state index is -0.0913. The normalized spacial score (nSPS) is 12.5. The number of nitrogens with zero attached hydrogens (tertiary/aromatic N) is 1. The van der Waals surface area contributed by atoms with E-state index in [2.05, 4.69) is 72.1 Å². The summed E-state index contributed by atoms with van der Waals surface area (Å²) in [6.07, 6.45) is 5.19. The van der Waals surface area contributed by atoms with Gasteiger partial charge in [0.05, 0.1) is 5.69 Å². The number of rotatable bonds is 4. The number of carbonyl (C=O) groups is 1. The lowest BCUT2D eigenvalue weighted by molar-refractivity contribution is 0.223. The second kappa shape index (κ2) is 9.33. The Hall–Kier alpha value is -3.85. The van der Waals surface area contributed by atoms with E-state index in [-0.39, 0.29) is 6.03 Å². The number of nitrogens with one attached hydrogen (secondary N) is 1. The Morgan fingerprint density at radius 3 is 2.15 bits per heavy atom. The summed E-state index contributed by atoms with van der Waals surface area (Å²) < 4.78 is 0. The van der Waals surface area contributed by atoms with Gasteiger partial charge in [0.1, 0.15) is 0 Å². The predicted molar refractivity (Wildman–Crippen MR) is 138 cm³/mol. The van der Waals surface area contributed by atoms with Crippen LogP contribution >= 0.6 is 0 Å². The van der Waals surface area contributed by atoms with E-state index in [1.165, 1.54) is 27.8 Å². The van der Waals surface area contributed by atoms with Crippen molar-refractivity contribution in [2.24, 2.45) is 0 Å². The Morgan fingerprint density at radius 1 is 0.818 bits per heavy atom. The highest BCUT2D eigenvalue weighted by Crippen LogP contribution is 2.33. The lowest BCUT2D eigenvalue weighted by Gasteiger charge is -2.19. The molecule has 0 unspecified atom stereocenters. The molecule has 5 rings (SSSR count). The minimum absolute atomic E-state index is 0.0913. The smallest absolute Gasteiger partial charge is 0.321 e. The lowest BCUT2D eigenvalue weighted by Crippen LogP contribution is -2.32. The Morgan fingerprint density at radius 2 is 1.42 bits per heavy atom. The van der Waals surface area contributed by atoms with E-state index in [4.69, 9.17) is 0 Å². The van der Waals surface area contributed by atoms with Gasteiger partial charge in [0.15, 0.2) is 0 Å². The Labute approximate surface area is 195 Å². The van der Waals surface area contributed by atoms with E-state index in [9.17, 15) is 4.79 Å².